The van der Waals surface area contributed by atoms with Gasteiger partial charge in [0.05, 0.1) is 31.2 Å². The predicted molar refractivity (Wildman–Crippen MR) is 180 cm³/mol. The first kappa shape index (κ1) is 40.6. The fourth-order valence-corrected chi connectivity index (χ4v) is 4.28. The molecule has 2 aromatic carbocycles. The number of hydrogen-bond donors (Lipinski definition) is 3. The van der Waals surface area contributed by atoms with E-state index in [1.54, 1.807) is 11.8 Å². The molecule has 2 amide bonds. The average Bonchev–Trinajstić information content (AvgIpc) is 3.65. The summed E-state index contributed by atoms with van der Waals surface area (Å²) in [5.74, 6) is -0.296. The zero-order chi connectivity index (χ0) is 35.2. The number of terminal acetylenes is 1. The number of halogens is 2. The lowest BCUT2D eigenvalue weighted by atomic mass is 10.0. The summed E-state index contributed by atoms with van der Waals surface area (Å²) < 4.78 is 30.5. The van der Waals surface area contributed by atoms with Crippen LogP contribution in [0.1, 0.15) is 24.6 Å². The molecule has 0 radical (unpaired) electrons. The molecular formula is C34H46F2N6O5. The van der Waals surface area contributed by atoms with Crippen LogP contribution in [0, 0.1) is 37.3 Å². The number of nitrogens with one attached hydrogen (secondary N) is 1. The molecule has 0 bridgehead atoms. The van der Waals surface area contributed by atoms with Gasteiger partial charge in [0.1, 0.15) is 12.1 Å². The molecule has 0 unspecified atom stereocenters. The van der Waals surface area contributed by atoms with Gasteiger partial charge in [0.15, 0.2) is 11.6 Å². The van der Waals surface area contributed by atoms with Crippen LogP contribution in [-0.2, 0) is 14.4 Å². The van der Waals surface area contributed by atoms with Crippen molar-refractivity contribution in [1.29, 1.82) is 0 Å². The maximum atomic E-state index is 11.9. The second kappa shape index (κ2) is 23.0. The molecule has 1 saturated heterocycles. The summed E-state index contributed by atoms with van der Waals surface area (Å²) in [5, 5.41) is 16.9. The van der Waals surface area contributed by atoms with E-state index in [0.29, 0.717) is 18.0 Å². The van der Waals surface area contributed by atoms with E-state index in [4.69, 9.17) is 30.3 Å². The quantitative estimate of drug-likeness (QED) is 0.253. The monoisotopic (exact) mass is 656 g/mol. The van der Waals surface area contributed by atoms with Crippen molar-refractivity contribution in [3.8, 4) is 18.5 Å². The number of carbonyl (C=O) groups is 2. The van der Waals surface area contributed by atoms with Crippen molar-refractivity contribution in [2.75, 3.05) is 65.5 Å². The van der Waals surface area contributed by atoms with Gasteiger partial charge in [0, 0.05) is 38.9 Å². The van der Waals surface area contributed by atoms with E-state index in [1.165, 1.54) is 17.7 Å². The SMILES string of the molecule is C#C.COCCN1C[C@@H](C)CO1.Cc1c(C2=CCN(C)CC2)nn(-c2ccccc2)c1NC(N)=O.Fc1ccccc1F.O=CCO. The van der Waals surface area contributed by atoms with Gasteiger partial charge in [0.2, 0.25) is 0 Å². The Bertz CT molecular complexity index is 1380. The van der Waals surface area contributed by atoms with E-state index in [2.05, 4.69) is 43.1 Å². The molecule has 0 spiro atoms. The second-order valence-electron chi connectivity index (χ2n) is 10.3. The number of rotatable bonds is 7. The first-order chi connectivity index (χ1) is 22.6. The minimum Gasteiger partial charge on any atom is -0.389 e. The Morgan fingerprint density at radius 1 is 1.17 bits per heavy atom. The molecule has 11 nitrogen and oxygen atoms in total. The third-order valence-electron chi connectivity index (χ3n) is 6.58. The fourth-order valence-electron chi connectivity index (χ4n) is 4.28. The van der Waals surface area contributed by atoms with Gasteiger partial charge in [-0.15, -0.1) is 12.8 Å². The molecule has 3 aromatic rings. The Morgan fingerprint density at radius 3 is 2.21 bits per heavy atom. The number of primary amides is 1. The number of nitrogens with zero attached hydrogens (tertiary/aromatic N) is 4. The standard InChI is InChI=1S/C17H21N5O.C7H15NO2.C6H4F2.C2H4O2.C2H2/c1-12-15(13-8-10-21(2)11-9-13)20-22(16(12)19-17(18)23)14-6-4-3-5-7-14;1-7-5-8(10-6-7)3-4-9-2;7-5-3-1-2-4-6(5)8;3-1-2-4;1-2/h3-8H,9-11H2,1-2H3,(H3,18,19,23);7H,3-6H2,1-2H3;1-4H;1,4H,2H2;1-2H/t;7-;;;/m.1.../s1. The largest absolute Gasteiger partial charge is 0.389 e. The van der Waals surface area contributed by atoms with Gasteiger partial charge in [-0.1, -0.05) is 43.3 Å². The second-order valence-corrected chi connectivity index (χ2v) is 10.3. The van der Waals surface area contributed by atoms with Crippen molar-refractivity contribution in [3.63, 3.8) is 0 Å². The van der Waals surface area contributed by atoms with Gasteiger partial charge in [-0.25, -0.2) is 18.3 Å². The number of aldehydes is 1. The lowest BCUT2D eigenvalue weighted by molar-refractivity contribution is -0.118. The highest BCUT2D eigenvalue weighted by molar-refractivity contribution is 5.89. The van der Waals surface area contributed by atoms with Crippen molar-refractivity contribution in [1.82, 2.24) is 19.7 Å². The summed E-state index contributed by atoms with van der Waals surface area (Å²) >= 11 is 0. The number of nitrogens with two attached hydrogens (primary N) is 1. The summed E-state index contributed by atoms with van der Waals surface area (Å²) in [6, 6.07) is 14.2. The molecule has 0 saturated carbocycles. The first-order valence-electron chi connectivity index (χ1n) is 14.8. The zero-order valence-electron chi connectivity index (χ0n) is 27.4. The molecule has 4 N–H and O–H groups in total. The number of hydroxylamine groups is 2. The van der Waals surface area contributed by atoms with Crippen LogP contribution in [-0.4, -0.2) is 97.3 Å². The van der Waals surface area contributed by atoms with E-state index >= 15 is 0 Å². The molecule has 256 valence electrons. The van der Waals surface area contributed by atoms with Crippen molar-refractivity contribution in [2.45, 2.75) is 20.3 Å². The van der Waals surface area contributed by atoms with E-state index in [9.17, 15) is 13.6 Å². The van der Waals surface area contributed by atoms with Crippen LogP contribution in [0.3, 0.4) is 0 Å². The number of aliphatic hydroxyl groups is 1. The van der Waals surface area contributed by atoms with Gasteiger partial charge < -0.3 is 25.3 Å². The van der Waals surface area contributed by atoms with Gasteiger partial charge in [-0.05, 0) is 56.1 Å². The van der Waals surface area contributed by atoms with Crippen LogP contribution in [0.15, 0.2) is 60.7 Å². The number of carbonyl (C=O) groups excluding carboxylic acids is 2. The Kier molecular flexibility index (Phi) is 19.8. The third kappa shape index (κ3) is 14.7. The minimum absolute atomic E-state index is 0.361. The van der Waals surface area contributed by atoms with Crippen molar-refractivity contribution in [2.24, 2.45) is 11.7 Å². The van der Waals surface area contributed by atoms with E-state index in [0.717, 1.165) is 74.9 Å². The summed E-state index contributed by atoms with van der Waals surface area (Å²) in [6.07, 6.45) is 11.6. The number of aromatic nitrogens is 2. The van der Waals surface area contributed by atoms with Crippen LogP contribution in [0.2, 0.25) is 0 Å². The van der Waals surface area contributed by atoms with Crippen LogP contribution in [0.25, 0.3) is 11.3 Å². The first-order valence-corrected chi connectivity index (χ1v) is 14.8. The number of ether oxygens (including phenoxy) is 1. The van der Waals surface area contributed by atoms with Crippen molar-refractivity contribution < 1.29 is 33.1 Å². The number of urea groups is 1. The van der Waals surface area contributed by atoms with Crippen molar-refractivity contribution >= 4 is 23.7 Å². The number of para-hydroxylation sites is 1. The molecule has 1 fully saturated rings. The highest BCUT2D eigenvalue weighted by Gasteiger charge is 2.21. The number of methoxy groups -OCH3 is 1. The number of hydrogen-bond acceptors (Lipinski definition) is 8. The minimum atomic E-state index is -0.799. The maximum Gasteiger partial charge on any atom is 0.317 e. The van der Waals surface area contributed by atoms with Crippen molar-refractivity contribution in [3.05, 3.63) is 83.6 Å². The Balaban J connectivity index is 0.000000378. The number of likely N-dealkylation sites (N-methyl/N-ethyl adjacent to an activating group) is 1. The highest BCUT2D eigenvalue weighted by Crippen LogP contribution is 2.30. The summed E-state index contributed by atoms with van der Waals surface area (Å²) in [4.78, 5) is 27.9. The molecular weight excluding hydrogens is 610 g/mol. The lowest BCUT2D eigenvalue weighted by Gasteiger charge is -2.21. The van der Waals surface area contributed by atoms with Crippen LogP contribution in [0.5, 0.6) is 0 Å². The molecule has 1 aromatic heterocycles. The number of anilines is 1. The number of amides is 2. The molecule has 2 aliphatic heterocycles. The zero-order valence-corrected chi connectivity index (χ0v) is 27.4. The van der Waals surface area contributed by atoms with Gasteiger partial charge in [-0.2, -0.15) is 10.2 Å². The fraction of sp³-hybridized carbons (Fsp3) is 0.382. The van der Waals surface area contributed by atoms with E-state index in [1.807, 2.05) is 42.3 Å². The molecule has 47 heavy (non-hydrogen) atoms. The molecule has 2 aliphatic rings. The van der Waals surface area contributed by atoms with E-state index in [-0.39, 0.29) is 6.61 Å². The summed E-state index contributed by atoms with van der Waals surface area (Å²) in [6.45, 7) is 9.26. The van der Waals surface area contributed by atoms with Crippen LogP contribution >= 0.6 is 0 Å². The summed E-state index contributed by atoms with van der Waals surface area (Å²) in [5.41, 5.74) is 9.29. The summed E-state index contributed by atoms with van der Waals surface area (Å²) in [7, 11) is 3.81. The molecule has 5 rings (SSSR count). The molecule has 0 aliphatic carbocycles. The smallest absolute Gasteiger partial charge is 0.317 e. The van der Waals surface area contributed by atoms with Crippen LogP contribution in [0.4, 0.5) is 19.4 Å². The van der Waals surface area contributed by atoms with Gasteiger partial charge >= 0.3 is 6.03 Å². The highest BCUT2D eigenvalue weighted by atomic mass is 19.2. The normalized spacial score (nSPS) is 15.5. The number of benzene rings is 2. The number of aliphatic hydroxyl groups excluding tert-OH is 1. The van der Waals surface area contributed by atoms with Gasteiger partial charge in [-0.3, -0.25) is 10.2 Å². The Hall–Kier alpha value is -4.45. The molecule has 1 atom stereocenters. The molecule has 13 heteroatoms. The maximum absolute atomic E-state index is 11.9. The Morgan fingerprint density at radius 2 is 1.77 bits per heavy atom. The Labute approximate surface area is 275 Å². The average molecular weight is 657 g/mol. The van der Waals surface area contributed by atoms with Gasteiger partial charge in [0.25, 0.3) is 0 Å². The third-order valence-corrected chi connectivity index (χ3v) is 6.58. The molecule has 3 heterocycles. The topological polar surface area (TPSA) is 135 Å². The van der Waals surface area contributed by atoms with Crippen LogP contribution < -0.4 is 11.1 Å². The lowest BCUT2D eigenvalue weighted by Crippen LogP contribution is -2.24. The van der Waals surface area contributed by atoms with E-state index < -0.39 is 17.7 Å². The predicted octanol–water partition coefficient (Wildman–Crippen LogP) is 4.30.